The molecule has 1 aromatic heterocycles. The highest BCUT2D eigenvalue weighted by atomic mass is 16.5. The lowest BCUT2D eigenvalue weighted by Crippen LogP contribution is -2.46. The summed E-state index contributed by atoms with van der Waals surface area (Å²) in [7, 11) is 5.11. The zero-order chi connectivity index (χ0) is 18.4. The van der Waals surface area contributed by atoms with Gasteiger partial charge in [-0.05, 0) is 24.1 Å². The first kappa shape index (κ1) is 18.2. The zero-order valence-electron chi connectivity index (χ0n) is 15.5. The minimum absolute atomic E-state index is 0.265. The van der Waals surface area contributed by atoms with Crippen LogP contribution in [0.2, 0.25) is 0 Å². The van der Waals surface area contributed by atoms with Crippen molar-refractivity contribution in [2.45, 2.75) is 38.6 Å². The van der Waals surface area contributed by atoms with Gasteiger partial charge in [-0.1, -0.05) is 12.1 Å². The molecule has 0 amide bonds. The van der Waals surface area contributed by atoms with Crippen LogP contribution in [0.4, 0.5) is 0 Å². The van der Waals surface area contributed by atoms with Crippen LogP contribution in [0.25, 0.3) is 0 Å². The van der Waals surface area contributed by atoms with Crippen molar-refractivity contribution in [2.24, 2.45) is 4.99 Å². The second kappa shape index (κ2) is 8.66. The molecule has 3 rings (SSSR count). The smallest absolute Gasteiger partial charge is 0.191 e. The van der Waals surface area contributed by atoms with Crippen LogP contribution < -0.4 is 15.4 Å². The Kier molecular flexibility index (Phi) is 6.06. The number of methoxy groups -OCH3 is 2. The van der Waals surface area contributed by atoms with Crippen molar-refractivity contribution in [3.05, 3.63) is 41.5 Å². The summed E-state index contributed by atoms with van der Waals surface area (Å²) in [6.45, 7) is 1.92. The summed E-state index contributed by atoms with van der Waals surface area (Å²) < 4.78 is 12.3. The van der Waals surface area contributed by atoms with Crippen LogP contribution in [0.5, 0.6) is 5.75 Å². The van der Waals surface area contributed by atoms with Crippen molar-refractivity contribution in [3.63, 3.8) is 0 Å². The van der Waals surface area contributed by atoms with Gasteiger partial charge in [-0.25, -0.2) is 9.67 Å². The van der Waals surface area contributed by atoms with E-state index in [1.54, 1.807) is 21.3 Å². The Morgan fingerprint density at radius 3 is 2.81 bits per heavy atom. The molecule has 8 heteroatoms. The largest absolute Gasteiger partial charge is 0.497 e. The molecule has 0 fully saturated rings. The third-order valence-electron chi connectivity index (χ3n) is 4.36. The summed E-state index contributed by atoms with van der Waals surface area (Å²) in [6.07, 6.45) is 1.89. The first-order valence-corrected chi connectivity index (χ1v) is 8.73. The van der Waals surface area contributed by atoms with Gasteiger partial charge in [0.25, 0.3) is 0 Å². The molecule has 0 aliphatic carbocycles. The molecule has 0 saturated carbocycles. The maximum absolute atomic E-state index is 5.18. The Balaban J connectivity index is 1.53. The molecule has 0 bridgehead atoms. The lowest BCUT2D eigenvalue weighted by molar-refractivity contribution is 0.177. The zero-order valence-corrected chi connectivity index (χ0v) is 15.5. The molecule has 1 aromatic carbocycles. The van der Waals surface area contributed by atoms with E-state index in [9.17, 15) is 0 Å². The summed E-state index contributed by atoms with van der Waals surface area (Å²) in [5.74, 6) is 3.41. The highest BCUT2D eigenvalue weighted by molar-refractivity contribution is 5.79. The Morgan fingerprint density at radius 2 is 2.12 bits per heavy atom. The van der Waals surface area contributed by atoms with Gasteiger partial charge >= 0.3 is 0 Å². The normalized spacial score (nSPS) is 16.9. The number of hydrogen-bond donors (Lipinski definition) is 2. The number of fused-ring (bicyclic) bond motifs is 1. The average molecular weight is 358 g/mol. The minimum atomic E-state index is 0.265. The summed E-state index contributed by atoms with van der Waals surface area (Å²) in [5.41, 5.74) is 1.17. The average Bonchev–Trinajstić information content (AvgIpc) is 3.07. The van der Waals surface area contributed by atoms with E-state index in [0.717, 1.165) is 42.7 Å². The van der Waals surface area contributed by atoms with Gasteiger partial charge in [-0.2, -0.15) is 5.10 Å². The minimum Gasteiger partial charge on any atom is -0.497 e. The Bertz CT molecular complexity index is 741. The van der Waals surface area contributed by atoms with E-state index >= 15 is 0 Å². The molecule has 1 aliphatic heterocycles. The van der Waals surface area contributed by atoms with E-state index in [2.05, 4.69) is 25.7 Å². The number of nitrogens with one attached hydrogen (secondary N) is 2. The Morgan fingerprint density at radius 1 is 1.31 bits per heavy atom. The monoisotopic (exact) mass is 358 g/mol. The molecule has 26 heavy (non-hydrogen) atoms. The first-order chi connectivity index (χ1) is 12.7. The second-order valence-electron chi connectivity index (χ2n) is 6.21. The number of aliphatic imine (C=N–C) groups is 1. The third-order valence-corrected chi connectivity index (χ3v) is 4.36. The van der Waals surface area contributed by atoms with Crippen LogP contribution in [0.1, 0.15) is 23.6 Å². The molecule has 8 nitrogen and oxygen atoms in total. The van der Waals surface area contributed by atoms with Gasteiger partial charge in [0, 0.05) is 33.2 Å². The Hall–Kier alpha value is -2.61. The lowest BCUT2D eigenvalue weighted by atomic mass is 10.1. The van der Waals surface area contributed by atoms with E-state index in [1.165, 1.54) is 5.56 Å². The molecule has 1 aliphatic rings. The fraction of sp³-hybridized carbons (Fsp3) is 0.500. The van der Waals surface area contributed by atoms with E-state index in [0.29, 0.717) is 13.2 Å². The number of benzene rings is 1. The summed E-state index contributed by atoms with van der Waals surface area (Å²) in [4.78, 5) is 8.83. The molecule has 2 aromatic rings. The van der Waals surface area contributed by atoms with Crippen LogP contribution in [0, 0.1) is 0 Å². The molecule has 1 unspecified atom stereocenters. The number of guanidine groups is 1. The molecule has 0 saturated heterocycles. The fourth-order valence-electron chi connectivity index (χ4n) is 2.99. The molecule has 0 spiro atoms. The molecule has 1 atom stereocenters. The van der Waals surface area contributed by atoms with Crippen LogP contribution in [0.3, 0.4) is 0 Å². The summed E-state index contributed by atoms with van der Waals surface area (Å²) in [6, 6.07) is 8.26. The number of ether oxygens (including phenoxy) is 2. The molecular formula is C18H26N6O2. The van der Waals surface area contributed by atoms with E-state index in [-0.39, 0.29) is 6.04 Å². The fourth-order valence-corrected chi connectivity index (χ4v) is 2.99. The third kappa shape index (κ3) is 4.51. The molecule has 2 heterocycles. The van der Waals surface area contributed by atoms with Crippen molar-refractivity contribution >= 4 is 5.96 Å². The maximum atomic E-state index is 5.18. The number of hydrogen-bond acceptors (Lipinski definition) is 5. The van der Waals surface area contributed by atoms with Gasteiger partial charge in [-0.15, -0.1) is 0 Å². The SMILES string of the molecule is CN=C(NCc1ccc(OC)cc1)NC1CCc2nc(COC)nn2C1. The highest BCUT2D eigenvalue weighted by Gasteiger charge is 2.22. The van der Waals surface area contributed by atoms with Crippen LogP contribution in [0.15, 0.2) is 29.3 Å². The second-order valence-corrected chi connectivity index (χ2v) is 6.21. The number of aryl methyl sites for hydroxylation is 1. The van der Waals surface area contributed by atoms with Gasteiger partial charge in [0.1, 0.15) is 18.2 Å². The standard InChI is InChI=1S/C18H26N6O2/c1-19-18(20-10-13-4-7-15(26-3)8-5-13)21-14-6-9-17-22-16(12-25-2)23-24(17)11-14/h4-5,7-8,14H,6,9-12H2,1-3H3,(H2,19,20,21). The molecule has 0 radical (unpaired) electrons. The predicted octanol–water partition coefficient (Wildman–Crippen LogP) is 1.11. The molecule has 2 N–H and O–H groups in total. The molecular weight excluding hydrogens is 332 g/mol. The highest BCUT2D eigenvalue weighted by Crippen LogP contribution is 2.14. The van der Waals surface area contributed by atoms with Gasteiger partial charge in [-0.3, -0.25) is 4.99 Å². The quantitative estimate of drug-likeness (QED) is 0.594. The van der Waals surface area contributed by atoms with E-state index in [1.807, 2.05) is 28.9 Å². The lowest BCUT2D eigenvalue weighted by Gasteiger charge is -2.25. The Labute approximate surface area is 153 Å². The van der Waals surface area contributed by atoms with Crippen LogP contribution in [-0.4, -0.2) is 48.0 Å². The van der Waals surface area contributed by atoms with Crippen molar-refractivity contribution in [1.82, 2.24) is 25.4 Å². The van der Waals surface area contributed by atoms with Crippen molar-refractivity contribution in [3.8, 4) is 5.75 Å². The van der Waals surface area contributed by atoms with Crippen LogP contribution >= 0.6 is 0 Å². The summed E-state index contributed by atoms with van der Waals surface area (Å²) in [5, 5.41) is 11.3. The van der Waals surface area contributed by atoms with Gasteiger partial charge in [0.2, 0.25) is 0 Å². The van der Waals surface area contributed by atoms with E-state index < -0.39 is 0 Å². The van der Waals surface area contributed by atoms with Crippen molar-refractivity contribution in [1.29, 1.82) is 0 Å². The summed E-state index contributed by atoms with van der Waals surface area (Å²) >= 11 is 0. The topological polar surface area (TPSA) is 85.6 Å². The number of nitrogens with zero attached hydrogens (tertiary/aromatic N) is 4. The number of aromatic nitrogens is 3. The van der Waals surface area contributed by atoms with Gasteiger partial charge in [0.05, 0.1) is 13.7 Å². The van der Waals surface area contributed by atoms with Crippen LogP contribution in [-0.2, 0) is 30.9 Å². The van der Waals surface area contributed by atoms with Crippen molar-refractivity contribution < 1.29 is 9.47 Å². The van der Waals surface area contributed by atoms with Gasteiger partial charge < -0.3 is 20.1 Å². The van der Waals surface area contributed by atoms with Gasteiger partial charge in [0.15, 0.2) is 11.8 Å². The predicted molar refractivity (Wildman–Crippen MR) is 99.2 cm³/mol. The maximum Gasteiger partial charge on any atom is 0.191 e. The number of rotatable bonds is 6. The van der Waals surface area contributed by atoms with E-state index in [4.69, 9.17) is 9.47 Å². The molecule has 140 valence electrons. The van der Waals surface area contributed by atoms with Crippen molar-refractivity contribution in [2.75, 3.05) is 21.3 Å². The first-order valence-electron chi connectivity index (χ1n) is 8.73.